The molecule has 1 rings (SSSR count). The van der Waals surface area contributed by atoms with E-state index in [1.54, 1.807) is 0 Å². The Balaban J connectivity index is 2.43. The van der Waals surface area contributed by atoms with Crippen molar-refractivity contribution in [1.82, 2.24) is 5.32 Å². The van der Waals surface area contributed by atoms with Crippen LogP contribution in [-0.2, 0) is 0 Å². The number of rotatable bonds is 2. The van der Waals surface area contributed by atoms with E-state index in [2.05, 4.69) is 24.9 Å². The number of piperidine rings is 1. The van der Waals surface area contributed by atoms with Gasteiger partial charge >= 0.3 is 0 Å². The Morgan fingerprint density at radius 1 is 1.73 bits per heavy atom. The van der Waals surface area contributed by atoms with Crippen LogP contribution < -0.4 is 5.32 Å². The minimum atomic E-state index is 1.07. The molecule has 1 heteroatoms. The molecule has 0 unspecified atom stereocenters. The fourth-order valence-electron chi connectivity index (χ4n) is 1.29. The monoisotopic (exact) mass is 151 g/mol. The van der Waals surface area contributed by atoms with Crippen molar-refractivity contribution in [3.8, 4) is 0 Å². The summed E-state index contributed by atoms with van der Waals surface area (Å²) in [4.78, 5) is 0. The lowest BCUT2D eigenvalue weighted by Gasteiger charge is -2.15. The summed E-state index contributed by atoms with van der Waals surface area (Å²) in [5.41, 5.74) is 2.77. The van der Waals surface area contributed by atoms with Crippen molar-refractivity contribution >= 4 is 0 Å². The van der Waals surface area contributed by atoms with E-state index in [0.717, 1.165) is 13.0 Å². The van der Waals surface area contributed by atoms with Gasteiger partial charge in [0.1, 0.15) is 0 Å². The van der Waals surface area contributed by atoms with Crippen molar-refractivity contribution < 1.29 is 0 Å². The van der Waals surface area contributed by atoms with Crippen LogP contribution in [0.5, 0.6) is 0 Å². The summed E-state index contributed by atoms with van der Waals surface area (Å²) in [6.07, 6.45) is 5.85. The second kappa shape index (κ2) is 4.35. The van der Waals surface area contributed by atoms with Gasteiger partial charge in [0, 0.05) is 6.54 Å². The third-order valence-corrected chi connectivity index (χ3v) is 2.07. The Morgan fingerprint density at radius 2 is 2.55 bits per heavy atom. The summed E-state index contributed by atoms with van der Waals surface area (Å²) >= 11 is 0. The average molecular weight is 151 g/mol. The van der Waals surface area contributed by atoms with Crippen molar-refractivity contribution in [3.63, 3.8) is 0 Å². The first-order valence-electron chi connectivity index (χ1n) is 4.41. The van der Waals surface area contributed by atoms with E-state index in [-0.39, 0.29) is 0 Å². The molecule has 0 bridgehead atoms. The van der Waals surface area contributed by atoms with Crippen LogP contribution in [0.15, 0.2) is 23.8 Å². The molecule has 0 aromatic heterocycles. The highest BCUT2D eigenvalue weighted by Gasteiger charge is 2.03. The van der Waals surface area contributed by atoms with Crippen LogP contribution >= 0.6 is 0 Å². The van der Waals surface area contributed by atoms with Gasteiger partial charge in [-0.3, -0.25) is 0 Å². The summed E-state index contributed by atoms with van der Waals surface area (Å²) in [6, 6.07) is 0. The summed E-state index contributed by atoms with van der Waals surface area (Å²) in [6.45, 7) is 8.36. The Morgan fingerprint density at radius 3 is 3.09 bits per heavy atom. The van der Waals surface area contributed by atoms with Crippen molar-refractivity contribution in [2.75, 3.05) is 13.1 Å². The van der Waals surface area contributed by atoms with Crippen LogP contribution in [0.4, 0.5) is 0 Å². The molecule has 0 radical (unpaired) electrons. The first-order chi connectivity index (χ1) is 5.33. The number of hydrogen-bond acceptors (Lipinski definition) is 1. The predicted octanol–water partition coefficient (Wildman–Crippen LogP) is 2.26. The summed E-state index contributed by atoms with van der Waals surface area (Å²) in [5.74, 6) is 0. The SMILES string of the molecule is C=C(C=C1CCCNC1)CC. The number of hydrogen-bond donors (Lipinski definition) is 1. The molecule has 1 saturated heterocycles. The fraction of sp³-hybridized carbons (Fsp3) is 0.600. The maximum absolute atomic E-state index is 3.96. The Bertz CT molecular complexity index is 160. The Labute approximate surface area is 69.2 Å². The van der Waals surface area contributed by atoms with Crippen LogP contribution in [0.3, 0.4) is 0 Å². The summed E-state index contributed by atoms with van der Waals surface area (Å²) in [7, 11) is 0. The maximum atomic E-state index is 3.96. The van der Waals surface area contributed by atoms with Crippen LogP contribution in [0.25, 0.3) is 0 Å². The zero-order chi connectivity index (χ0) is 8.10. The van der Waals surface area contributed by atoms with Gasteiger partial charge in [-0.1, -0.05) is 30.7 Å². The summed E-state index contributed by atoms with van der Waals surface area (Å²) in [5, 5.41) is 3.35. The van der Waals surface area contributed by atoms with Gasteiger partial charge in [0.25, 0.3) is 0 Å². The molecule has 0 atom stereocenters. The predicted molar refractivity (Wildman–Crippen MR) is 49.6 cm³/mol. The van der Waals surface area contributed by atoms with Crippen molar-refractivity contribution in [2.24, 2.45) is 0 Å². The zero-order valence-corrected chi connectivity index (χ0v) is 7.32. The largest absolute Gasteiger partial charge is 0.313 e. The smallest absolute Gasteiger partial charge is 0.0167 e. The second-order valence-corrected chi connectivity index (χ2v) is 3.09. The van der Waals surface area contributed by atoms with Crippen LogP contribution in [-0.4, -0.2) is 13.1 Å². The van der Waals surface area contributed by atoms with Crippen molar-refractivity contribution in [3.05, 3.63) is 23.8 Å². The molecular weight excluding hydrogens is 134 g/mol. The molecule has 0 aromatic carbocycles. The van der Waals surface area contributed by atoms with Crippen molar-refractivity contribution in [1.29, 1.82) is 0 Å². The first kappa shape index (κ1) is 8.54. The normalized spacial score (nSPS) is 22.1. The maximum Gasteiger partial charge on any atom is 0.0167 e. The minimum absolute atomic E-state index is 1.07. The van der Waals surface area contributed by atoms with E-state index < -0.39 is 0 Å². The van der Waals surface area contributed by atoms with Gasteiger partial charge in [-0.2, -0.15) is 0 Å². The molecule has 0 aromatic rings. The van der Waals surface area contributed by atoms with Gasteiger partial charge in [-0.05, 0) is 25.8 Å². The van der Waals surface area contributed by atoms with Crippen LogP contribution in [0, 0.1) is 0 Å². The zero-order valence-electron chi connectivity index (χ0n) is 7.32. The minimum Gasteiger partial charge on any atom is -0.313 e. The highest BCUT2D eigenvalue weighted by atomic mass is 14.9. The topological polar surface area (TPSA) is 12.0 Å². The van der Waals surface area contributed by atoms with Crippen LogP contribution in [0.1, 0.15) is 26.2 Å². The van der Waals surface area contributed by atoms with Gasteiger partial charge in [-0.15, -0.1) is 0 Å². The quantitative estimate of drug-likeness (QED) is 0.638. The molecule has 0 aliphatic carbocycles. The number of nitrogens with one attached hydrogen (secondary N) is 1. The third kappa shape index (κ3) is 2.89. The van der Waals surface area contributed by atoms with Crippen LogP contribution in [0.2, 0.25) is 0 Å². The third-order valence-electron chi connectivity index (χ3n) is 2.07. The van der Waals surface area contributed by atoms with Gasteiger partial charge < -0.3 is 5.32 Å². The van der Waals surface area contributed by atoms with E-state index in [0.29, 0.717) is 0 Å². The lowest BCUT2D eigenvalue weighted by molar-refractivity contribution is 0.609. The molecule has 1 aliphatic heterocycles. The van der Waals surface area contributed by atoms with Gasteiger partial charge in [-0.25, -0.2) is 0 Å². The average Bonchev–Trinajstić information content (AvgIpc) is 2.06. The molecule has 1 heterocycles. The van der Waals surface area contributed by atoms with Gasteiger partial charge in [0.05, 0.1) is 0 Å². The van der Waals surface area contributed by atoms with E-state index >= 15 is 0 Å². The molecule has 0 spiro atoms. The number of allylic oxidation sites excluding steroid dienone is 2. The summed E-state index contributed by atoms with van der Waals surface area (Å²) < 4.78 is 0. The standard InChI is InChI=1S/C10H17N/c1-3-9(2)7-10-5-4-6-11-8-10/h7,11H,2-6,8H2,1H3. The Hall–Kier alpha value is -0.560. The lowest BCUT2D eigenvalue weighted by atomic mass is 10.0. The van der Waals surface area contributed by atoms with Crippen molar-refractivity contribution in [2.45, 2.75) is 26.2 Å². The van der Waals surface area contributed by atoms with Gasteiger partial charge in [0.2, 0.25) is 0 Å². The van der Waals surface area contributed by atoms with E-state index in [4.69, 9.17) is 0 Å². The molecule has 1 N–H and O–H groups in total. The van der Waals surface area contributed by atoms with Gasteiger partial charge in [0.15, 0.2) is 0 Å². The van der Waals surface area contributed by atoms with E-state index in [9.17, 15) is 0 Å². The molecule has 1 fully saturated rings. The van der Waals surface area contributed by atoms with E-state index in [1.165, 1.54) is 30.5 Å². The fourth-order valence-corrected chi connectivity index (χ4v) is 1.29. The van der Waals surface area contributed by atoms with E-state index in [1.807, 2.05) is 0 Å². The lowest BCUT2D eigenvalue weighted by Crippen LogP contribution is -2.23. The molecule has 0 saturated carbocycles. The molecule has 62 valence electrons. The molecule has 1 aliphatic rings. The molecule has 0 amide bonds. The highest BCUT2D eigenvalue weighted by molar-refractivity contribution is 5.22. The molecule has 1 nitrogen and oxygen atoms in total. The second-order valence-electron chi connectivity index (χ2n) is 3.09. The highest BCUT2D eigenvalue weighted by Crippen LogP contribution is 2.11. The molecular formula is C10H17N. The Kier molecular flexibility index (Phi) is 3.37. The molecule has 11 heavy (non-hydrogen) atoms. The first-order valence-corrected chi connectivity index (χ1v) is 4.41.